The number of anilines is 1. The first-order valence-corrected chi connectivity index (χ1v) is 19.4. The summed E-state index contributed by atoms with van der Waals surface area (Å²) in [6, 6.07) is 16.4. The molecule has 0 spiro atoms. The molecule has 2 aromatic carbocycles. The van der Waals surface area contributed by atoms with Gasteiger partial charge < -0.3 is 9.82 Å². The Kier molecular flexibility index (Phi) is 10.1. The average molecular weight is 689 g/mol. The first kappa shape index (κ1) is 29.8. The van der Waals surface area contributed by atoms with Crippen LogP contribution in [-0.4, -0.2) is 57.9 Å². The Morgan fingerprint density at radius 1 is 1.10 bits per heavy atom. The van der Waals surface area contributed by atoms with Gasteiger partial charge >= 0.3 is 0 Å². The molecule has 6 nitrogen and oxygen atoms in total. The van der Waals surface area contributed by atoms with Crippen molar-refractivity contribution < 1.29 is 8.95 Å². The standard InChI is InChI=1S/C31H38IN4O2PS/c1-31(36-15-3-4-16-36)13-11-22-5-6-24(19-25(22)12-14-31)26-20-28(30(34-21-26)35-39-32)29(33)23-7-9-27(10-8-23)40(37)18-17-38-2/h5-10,19-21,33,39H,3-4,11-18H2,1-2H3,(H,34,35). The van der Waals surface area contributed by atoms with Crippen molar-refractivity contribution in [3.8, 4) is 11.1 Å². The van der Waals surface area contributed by atoms with E-state index in [0.717, 1.165) is 40.0 Å². The minimum Gasteiger partial charge on any atom is -0.384 e. The minimum absolute atomic E-state index is 0.291. The molecule has 5 rings (SSSR count). The molecule has 0 amide bonds. The fourth-order valence-corrected chi connectivity index (χ4v) is 8.00. The maximum Gasteiger partial charge on any atom is 0.139 e. The maximum absolute atomic E-state index is 12.5. The highest BCUT2D eigenvalue weighted by Crippen LogP contribution is 2.36. The number of likely N-dealkylation sites (tertiary alicyclic amines) is 1. The predicted molar refractivity (Wildman–Crippen MR) is 177 cm³/mol. The molecule has 1 aliphatic carbocycles. The Morgan fingerprint density at radius 3 is 2.52 bits per heavy atom. The Morgan fingerprint density at radius 2 is 1.82 bits per heavy atom. The van der Waals surface area contributed by atoms with Crippen molar-refractivity contribution in [1.82, 2.24) is 9.88 Å². The van der Waals surface area contributed by atoms with Gasteiger partial charge in [0.2, 0.25) is 0 Å². The molecule has 1 aromatic heterocycles. The zero-order valence-corrected chi connectivity index (χ0v) is 27.2. The van der Waals surface area contributed by atoms with Crippen molar-refractivity contribution in [1.29, 1.82) is 5.41 Å². The lowest BCUT2D eigenvalue weighted by Crippen LogP contribution is -2.44. The summed E-state index contributed by atoms with van der Waals surface area (Å²) in [5.41, 5.74) is 7.33. The second kappa shape index (κ2) is 13.5. The van der Waals surface area contributed by atoms with Crippen molar-refractivity contribution >= 4 is 50.7 Å². The Labute approximate surface area is 255 Å². The van der Waals surface area contributed by atoms with E-state index in [1.165, 1.54) is 49.9 Å². The van der Waals surface area contributed by atoms with E-state index in [9.17, 15) is 4.21 Å². The quantitative estimate of drug-likeness (QED) is 0.104. The average Bonchev–Trinajstić information content (AvgIpc) is 3.48. The number of aromatic nitrogens is 1. The second-order valence-corrected chi connectivity index (χ2v) is 14.6. The van der Waals surface area contributed by atoms with Gasteiger partial charge in [0.1, 0.15) is 5.82 Å². The normalized spacial score (nSPS) is 20.4. The fourth-order valence-electron chi connectivity index (χ4n) is 5.95. The molecule has 0 saturated carbocycles. The predicted octanol–water partition coefficient (Wildman–Crippen LogP) is 7.01. The zero-order valence-electron chi connectivity index (χ0n) is 23.3. The molecule has 9 heteroatoms. The highest BCUT2D eigenvalue weighted by molar-refractivity contribution is 14.2. The van der Waals surface area contributed by atoms with Gasteiger partial charge in [0.15, 0.2) is 0 Å². The number of aryl methyl sites for hydroxylation is 2. The minimum atomic E-state index is -1.12. The zero-order chi connectivity index (χ0) is 28.1. The molecule has 3 unspecified atom stereocenters. The van der Waals surface area contributed by atoms with Gasteiger partial charge in [0, 0.05) is 46.8 Å². The van der Waals surface area contributed by atoms with E-state index in [0.29, 0.717) is 35.8 Å². The number of pyridine rings is 1. The number of nitrogens with one attached hydrogen (secondary N) is 2. The molecule has 3 atom stereocenters. The lowest BCUT2D eigenvalue weighted by molar-refractivity contribution is 0.118. The number of hydrogen-bond acceptors (Lipinski definition) is 6. The smallest absolute Gasteiger partial charge is 0.139 e. The molecule has 0 bridgehead atoms. The van der Waals surface area contributed by atoms with Crippen LogP contribution in [0, 0.1) is 5.41 Å². The van der Waals surface area contributed by atoms with Crippen LogP contribution < -0.4 is 5.09 Å². The maximum atomic E-state index is 12.5. The van der Waals surface area contributed by atoms with Gasteiger partial charge in [-0.25, -0.2) is 4.98 Å². The molecular weight excluding hydrogens is 650 g/mol. The molecule has 0 radical (unpaired) electrons. The Bertz CT molecular complexity index is 1380. The van der Waals surface area contributed by atoms with Crippen LogP contribution >= 0.6 is 28.4 Å². The third-order valence-corrected chi connectivity index (χ3v) is 11.0. The summed E-state index contributed by atoms with van der Waals surface area (Å²) in [5.74, 6) is 1.17. The van der Waals surface area contributed by atoms with Crippen LogP contribution in [0.3, 0.4) is 0 Å². The van der Waals surface area contributed by atoms with Crippen LogP contribution in [0.25, 0.3) is 11.1 Å². The van der Waals surface area contributed by atoms with E-state index < -0.39 is 10.8 Å². The molecule has 1 saturated heterocycles. The molecule has 212 valence electrons. The van der Waals surface area contributed by atoms with Crippen molar-refractivity contribution in [3.05, 3.63) is 77.0 Å². The summed E-state index contributed by atoms with van der Waals surface area (Å²) < 4.78 is 17.5. The topological polar surface area (TPSA) is 78.3 Å². The summed E-state index contributed by atoms with van der Waals surface area (Å²) in [4.78, 5) is 8.23. The SMILES string of the molecule is COCCS(=O)c1ccc(C(=N)c2cc(-c3ccc4c(c3)CCC(C)(N3CCCC3)CC4)cnc2NPI)cc1. The number of benzene rings is 2. The highest BCUT2D eigenvalue weighted by Gasteiger charge is 2.34. The number of hydrogen-bond donors (Lipinski definition) is 2. The van der Waals surface area contributed by atoms with E-state index in [-0.39, 0.29) is 0 Å². The molecule has 1 aliphatic heterocycles. The molecule has 2 N–H and O–H groups in total. The first-order valence-electron chi connectivity index (χ1n) is 14.0. The molecule has 1 fully saturated rings. The van der Waals surface area contributed by atoms with Crippen molar-refractivity contribution in [3.63, 3.8) is 0 Å². The van der Waals surface area contributed by atoms with Gasteiger partial charge in [-0.1, -0.05) is 30.3 Å². The third-order valence-electron chi connectivity index (χ3n) is 8.48. The lowest BCUT2D eigenvalue weighted by atomic mass is 9.90. The van der Waals surface area contributed by atoms with E-state index in [1.807, 2.05) is 30.5 Å². The number of halogens is 1. The Balaban J connectivity index is 1.40. The van der Waals surface area contributed by atoms with Gasteiger partial charge in [-0.3, -0.25) is 14.5 Å². The van der Waals surface area contributed by atoms with Gasteiger partial charge in [0.25, 0.3) is 0 Å². The second-order valence-electron chi connectivity index (χ2n) is 11.0. The van der Waals surface area contributed by atoms with Crippen LogP contribution in [-0.2, 0) is 28.4 Å². The lowest BCUT2D eigenvalue weighted by Gasteiger charge is -2.38. The molecular formula is C31H38IN4O2PS. The summed E-state index contributed by atoms with van der Waals surface area (Å²) in [6.07, 6.45) is 9.67. The monoisotopic (exact) mass is 688 g/mol. The van der Waals surface area contributed by atoms with Crippen LogP contribution in [0.15, 0.2) is 59.6 Å². The van der Waals surface area contributed by atoms with Crippen LogP contribution in [0.2, 0.25) is 0 Å². The number of methoxy groups -OCH3 is 1. The number of fused-ring (bicyclic) bond motifs is 1. The van der Waals surface area contributed by atoms with E-state index in [4.69, 9.17) is 15.1 Å². The summed E-state index contributed by atoms with van der Waals surface area (Å²) in [5, 5.41) is 12.4. The number of rotatable bonds is 10. The summed E-state index contributed by atoms with van der Waals surface area (Å²) in [6.45, 7) is 5.40. The summed E-state index contributed by atoms with van der Waals surface area (Å²) >= 11 is 2.29. The van der Waals surface area contributed by atoms with Crippen molar-refractivity contribution in [2.75, 3.05) is 37.6 Å². The number of ether oxygens (including phenoxy) is 1. The highest BCUT2D eigenvalue weighted by atomic mass is 127. The van der Waals surface area contributed by atoms with Gasteiger partial charge in [0.05, 0.1) is 28.9 Å². The third kappa shape index (κ3) is 6.67. The molecule has 2 aliphatic rings. The van der Waals surface area contributed by atoms with E-state index in [1.54, 1.807) is 7.11 Å². The van der Waals surface area contributed by atoms with E-state index in [2.05, 4.69) is 63.2 Å². The van der Waals surface area contributed by atoms with Crippen molar-refractivity contribution in [2.45, 2.75) is 55.9 Å². The van der Waals surface area contributed by atoms with E-state index >= 15 is 0 Å². The van der Waals surface area contributed by atoms with Gasteiger partial charge in [-0.15, -0.1) is 0 Å². The largest absolute Gasteiger partial charge is 0.384 e. The summed E-state index contributed by atoms with van der Waals surface area (Å²) in [7, 11) is 0.497. The van der Waals surface area contributed by atoms with Gasteiger partial charge in [-0.05, 0) is 115 Å². The van der Waals surface area contributed by atoms with Crippen molar-refractivity contribution in [2.24, 2.45) is 0 Å². The molecule has 2 heterocycles. The van der Waals surface area contributed by atoms with Gasteiger partial charge in [-0.2, -0.15) is 0 Å². The van der Waals surface area contributed by atoms with Crippen LogP contribution in [0.4, 0.5) is 5.82 Å². The molecule has 40 heavy (non-hydrogen) atoms. The van der Waals surface area contributed by atoms with Crippen LogP contribution in [0.1, 0.15) is 54.9 Å². The van der Waals surface area contributed by atoms with Crippen LogP contribution in [0.5, 0.6) is 0 Å². The Hall–Kier alpha value is -1.71. The number of nitrogens with zero attached hydrogens (tertiary/aromatic N) is 2. The fraction of sp³-hybridized carbons (Fsp3) is 0.419. The molecule has 3 aromatic rings. The first-order chi connectivity index (χ1) is 19.4.